The average Bonchev–Trinajstić information content (AvgIpc) is 2.44. The van der Waals surface area contributed by atoms with Gasteiger partial charge in [0.2, 0.25) is 0 Å². The Morgan fingerprint density at radius 1 is 0.609 bits per heavy atom. The highest BCUT2D eigenvalue weighted by atomic mass is 16.5. The van der Waals surface area contributed by atoms with Crippen LogP contribution in [-0.2, 0) is 4.74 Å². The number of hydrogen-bond donors (Lipinski definition) is 0. The van der Waals surface area contributed by atoms with E-state index >= 15 is 0 Å². The fourth-order valence-corrected chi connectivity index (χ4v) is 2.51. The Balaban J connectivity index is 4.98. The molecule has 0 spiro atoms. The minimum atomic E-state index is 0.252. The van der Waals surface area contributed by atoms with Crippen molar-refractivity contribution in [3.8, 4) is 0 Å². The van der Waals surface area contributed by atoms with Crippen molar-refractivity contribution < 1.29 is 4.74 Å². The van der Waals surface area contributed by atoms with Gasteiger partial charge >= 0.3 is 0 Å². The molecule has 0 rings (SSSR count). The molecule has 5 heteroatoms. The number of nitrogens with zero attached hydrogens (tertiary/aromatic N) is 4. The molecule has 140 valence electrons. The Bertz CT molecular complexity index is 267. The maximum absolute atomic E-state index is 6.66. The van der Waals surface area contributed by atoms with Crippen molar-refractivity contribution in [2.24, 2.45) is 0 Å². The average molecular weight is 331 g/mol. The molecule has 0 amide bonds. The third kappa shape index (κ3) is 9.62. The van der Waals surface area contributed by atoms with E-state index in [4.69, 9.17) is 4.74 Å². The van der Waals surface area contributed by atoms with Crippen LogP contribution in [0.3, 0.4) is 0 Å². The van der Waals surface area contributed by atoms with E-state index in [1.54, 1.807) is 0 Å². The zero-order chi connectivity index (χ0) is 18.2. The van der Waals surface area contributed by atoms with Crippen LogP contribution in [0.5, 0.6) is 0 Å². The summed E-state index contributed by atoms with van der Waals surface area (Å²) < 4.78 is 6.66. The van der Waals surface area contributed by atoms with E-state index in [1.807, 2.05) is 0 Å². The zero-order valence-electron chi connectivity index (χ0n) is 17.3. The van der Waals surface area contributed by atoms with E-state index in [-0.39, 0.29) is 12.2 Å². The standard InChI is InChI=1S/C18H42N4O/c1-15(21(7)8)17(11-13-19(3)4)23-18(12-14-20(5)6)16(2)22(9)10/h15-18H,11-14H2,1-10H3. The van der Waals surface area contributed by atoms with Gasteiger partial charge in [-0.3, -0.25) is 0 Å². The molecule has 0 bridgehead atoms. The third-order valence-electron chi connectivity index (χ3n) is 4.78. The van der Waals surface area contributed by atoms with Crippen LogP contribution >= 0.6 is 0 Å². The van der Waals surface area contributed by atoms with Gasteiger partial charge in [-0.25, -0.2) is 0 Å². The molecular formula is C18H42N4O. The predicted molar refractivity (Wildman–Crippen MR) is 101 cm³/mol. The normalized spacial score (nSPS) is 18.0. The van der Waals surface area contributed by atoms with Crippen molar-refractivity contribution in [2.75, 3.05) is 69.5 Å². The summed E-state index contributed by atoms with van der Waals surface area (Å²) in [6.45, 7) is 6.65. The topological polar surface area (TPSA) is 22.2 Å². The van der Waals surface area contributed by atoms with Crippen LogP contribution in [0.4, 0.5) is 0 Å². The first-order valence-electron chi connectivity index (χ1n) is 8.84. The molecule has 0 fully saturated rings. The molecule has 0 aliphatic heterocycles. The summed E-state index contributed by atoms with van der Waals surface area (Å²) in [7, 11) is 17.1. The molecule has 0 saturated carbocycles. The summed E-state index contributed by atoms with van der Waals surface area (Å²) in [6, 6.07) is 0.817. The summed E-state index contributed by atoms with van der Waals surface area (Å²) in [6.07, 6.45) is 2.62. The van der Waals surface area contributed by atoms with Gasteiger partial charge in [0.05, 0.1) is 12.2 Å². The Morgan fingerprint density at radius 2 is 0.913 bits per heavy atom. The van der Waals surface area contributed by atoms with E-state index in [0.717, 1.165) is 25.9 Å². The highest BCUT2D eigenvalue weighted by Gasteiger charge is 2.27. The number of hydrogen-bond acceptors (Lipinski definition) is 5. The van der Waals surface area contributed by atoms with Crippen molar-refractivity contribution in [2.45, 2.75) is 51.0 Å². The number of rotatable bonds is 12. The lowest BCUT2D eigenvalue weighted by Gasteiger charge is -2.37. The van der Waals surface area contributed by atoms with E-state index in [1.165, 1.54) is 0 Å². The fourth-order valence-electron chi connectivity index (χ4n) is 2.51. The molecule has 0 aromatic carbocycles. The second kappa shape index (κ2) is 11.4. The van der Waals surface area contributed by atoms with Crippen LogP contribution in [0.25, 0.3) is 0 Å². The lowest BCUT2D eigenvalue weighted by molar-refractivity contribution is -0.0818. The lowest BCUT2D eigenvalue weighted by atomic mass is 10.0. The van der Waals surface area contributed by atoms with Gasteiger partial charge in [0.25, 0.3) is 0 Å². The Labute approximate surface area is 145 Å². The summed E-state index contributed by atoms with van der Waals surface area (Å²) in [5.74, 6) is 0. The molecule has 0 aliphatic carbocycles. The molecule has 0 saturated heterocycles. The second-order valence-electron chi connectivity index (χ2n) is 7.81. The van der Waals surface area contributed by atoms with Crippen LogP contribution in [0.15, 0.2) is 0 Å². The first-order chi connectivity index (χ1) is 10.6. The molecule has 5 nitrogen and oxygen atoms in total. The van der Waals surface area contributed by atoms with Gasteiger partial charge in [0.1, 0.15) is 0 Å². The lowest BCUT2D eigenvalue weighted by Crippen LogP contribution is -2.47. The van der Waals surface area contributed by atoms with Gasteiger partial charge in [-0.1, -0.05) is 0 Å². The molecule has 0 aromatic heterocycles. The van der Waals surface area contributed by atoms with Gasteiger partial charge in [-0.15, -0.1) is 0 Å². The fraction of sp³-hybridized carbons (Fsp3) is 1.00. The molecule has 0 radical (unpaired) electrons. The summed E-state index contributed by atoms with van der Waals surface area (Å²) in [4.78, 5) is 9.01. The largest absolute Gasteiger partial charge is 0.372 e. The minimum Gasteiger partial charge on any atom is -0.372 e. The Hall–Kier alpha value is -0.200. The van der Waals surface area contributed by atoms with Gasteiger partial charge in [-0.05, 0) is 83.1 Å². The van der Waals surface area contributed by atoms with Gasteiger partial charge < -0.3 is 24.3 Å². The monoisotopic (exact) mass is 330 g/mol. The van der Waals surface area contributed by atoms with Crippen molar-refractivity contribution in [1.82, 2.24) is 19.6 Å². The summed E-state index contributed by atoms with van der Waals surface area (Å²) in [5, 5.41) is 0. The summed E-state index contributed by atoms with van der Waals surface area (Å²) in [5.41, 5.74) is 0. The molecule has 0 N–H and O–H groups in total. The van der Waals surface area contributed by atoms with Gasteiger partial charge in [-0.2, -0.15) is 0 Å². The third-order valence-corrected chi connectivity index (χ3v) is 4.78. The smallest absolute Gasteiger partial charge is 0.0744 e. The molecule has 4 atom stereocenters. The van der Waals surface area contributed by atoms with Crippen LogP contribution in [0.1, 0.15) is 26.7 Å². The second-order valence-corrected chi connectivity index (χ2v) is 7.81. The Kier molecular flexibility index (Phi) is 11.3. The van der Waals surface area contributed by atoms with Crippen LogP contribution in [0, 0.1) is 0 Å². The van der Waals surface area contributed by atoms with E-state index in [0.29, 0.717) is 12.1 Å². The van der Waals surface area contributed by atoms with E-state index in [2.05, 4.69) is 89.8 Å². The maximum atomic E-state index is 6.66. The van der Waals surface area contributed by atoms with Gasteiger partial charge in [0, 0.05) is 25.2 Å². The molecule has 0 aliphatic rings. The van der Waals surface area contributed by atoms with Crippen molar-refractivity contribution in [3.63, 3.8) is 0 Å². The zero-order valence-corrected chi connectivity index (χ0v) is 17.3. The minimum absolute atomic E-state index is 0.252. The highest BCUT2D eigenvalue weighted by molar-refractivity contribution is 4.80. The molecule has 4 unspecified atom stereocenters. The molecule has 0 aromatic rings. The first-order valence-corrected chi connectivity index (χ1v) is 8.84. The number of ether oxygens (including phenoxy) is 1. The SMILES string of the molecule is CC(C(CCN(C)C)OC(CCN(C)C)C(C)N(C)C)N(C)C. The van der Waals surface area contributed by atoms with Crippen molar-refractivity contribution in [3.05, 3.63) is 0 Å². The number of likely N-dealkylation sites (N-methyl/N-ethyl adjacent to an activating group) is 2. The van der Waals surface area contributed by atoms with Crippen LogP contribution in [0.2, 0.25) is 0 Å². The van der Waals surface area contributed by atoms with Crippen molar-refractivity contribution >= 4 is 0 Å². The Morgan fingerprint density at radius 3 is 1.13 bits per heavy atom. The quantitative estimate of drug-likeness (QED) is 0.540. The molecule has 23 heavy (non-hydrogen) atoms. The van der Waals surface area contributed by atoms with E-state index in [9.17, 15) is 0 Å². The van der Waals surface area contributed by atoms with E-state index < -0.39 is 0 Å². The van der Waals surface area contributed by atoms with Gasteiger partial charge in [0.15, 0.2) is 0 Å². The highest BCUT2D eigenvalue weighted by Crippen LogP contribution is 2.18. The van der Waals surface area contributed by atoms with Crippen molar-refractivity contribution in [1.29, 1.82) is 0 Å². The predicted octanol–water partition coefficient (Wildman–Crippen LogP) is 1.54. The first kappa shape index (κ1) is 22.8. The molecular weight excluding hydrogens is 288 g/mol. The summed E-state index contributed by atoms with van der Waals surface area (Å²) >= 11 is 0. The van der Waals surface area contributed by atoms with Crippen LogP contribution in [-0.4, -0.2) is 113 Å². The molecule has 0 heterocycles. The van der Waals surface area contributed by atoms with Crippen LogP contribution < -0.4 is 0 Å². The maximum Gasteiger partial charge on any atom is 0.0744 e.